The van der Waals surface area contributed by atoms with Crippen molar-refractivity contribution in [2.75, 3.05) is 0 Å². The highest BCUT2D eigenvalue weighted by molar-refractivity contribution is 9.09. The van der Waals surface area contributed by atoms with Gasteiger partial charge in [0, 0.05) is 16.3 Å². The van der Waals surface area contributed by atoms with Gasteiger partial charge in [-0.3, -0.25) is 10.1 Å². The minimum atomic E-state index is -0.333. The number of hydrogen-bond acceptors (Lipinski definition) is 3. The van der Waals surface area contributed by atoms with Crippen molar-refractivity contribution in [2.24, 2.45) is 5.41 Å². The monoisotopic (exact) mass is 353 g/mol. The first kappa shape index (κ1) is 14.8. The highest BCUT2D eigenvalue weighted by Gasteiger charge is 2.56. The van der Waals surface area contributed by atoms with Crippen molar-refractivity contribution in [2.45, 2.75) is 56.4 Å². The number of ether oxygens (including phenoxy) is 1. The van der Waals surface area contributed by atoms with Gasteiger partial charge in [-0.1, -0.05) is 41.8 Å². The predicted molar refractivity (Wildman–Crippen MR) is 85.1 cm³/mol. The minimum Gasteiger partial charge on any atom is -0.483 e. The minimum absolute atomic E-state index is 0.0977. The second-order valence-electron chi connectivity index (χ2n) is 6.16. The van der Waals surface area contributed by atoms with Crippen LogP contribution in [0.3, 0.4) is 0 Å². The summed E-state index contributed by atoms with van der Waals surface area (Å²) in [6, 6.07) is 5.33. The highest BCUT2D eigenvalue weighted by Crippen LogP contribution is 2.58. The molecule has 1 spiro atoms. The Balaban J connectivity index is 1.83. The first-order valence-electron chi connectivity index (χ1n) is 7.65. The maximum atomic E-state index is 11.3. The number of nitro groups is 1. The molecule has 4 nitrogen and oxygen atoms in total. The number of nitrogens with zero attached hydrogens (tertiary/aromatic N) is 1. The van der Waals surface area contributed by atoms with Crippen molar-refractivity contribution in [1.82, 2.24) is 0 Å². The van der Waals surface area contributed by atoms with Gasteiger partial charge >= 0.3 is 5.69 Å². The number of rotatable bonds is 4. The average molecular weight is 354 g/mol. The zero-order chi connectivity index (χ0) is 15.0. The second kappa shape index (κ2) is 5.59. The molecule has 0 aliphatic heterocycles. The molecular formula is C16H20BrNO3. The zero-order valence-electron chi connectivity index (χ0n) is 12.2. The lowest BCUT2D eigenvalue weighted by molar-refractivity contribution is -0.386. The van der Waals surface area contributed by atoms with Gasteiger partial charge in [0.2, 0.25) is 0 Å². The van der Waals surface area contributed by atoms with Crippen LogP contribution in [-0.2, 0) is 6.42 Å². The number of halogens is 1. The van der Waals surface area contributed by atoms with E-state index in [1.165, 1.54) is 12.8 Å². The van der Waals surface area contributed by atoms with E-state index < -0.39 is 0 Å². The molecular weight excluding hydrogens is 334 g/mol. The van der Waals surface area contributed by atoms with Crippen molar-refractivity contribution < 1.29 is 9.66 Å². The largest absolute Gasteiger partial charge is 0.483 e. The fourth-order valence-corrected chi connectivity index (χ4v) is 4.80. The smallest absolute Gasteiger partial charge is 0.311 e. The van der Waals surface area contributed by atoms with Gasteiger partial charge in [0.15, 0.2) is 5.75 Å². The Morgan fingerprint density at radius 1 is 1.43 bits per heavy atom. The van der Waals surface area contributed by atoms with Gasteiger partial charge in [0.05, 0.1) is 4.92 Å². The first-order chi connectivity index (χ1) is 10.1. The third kappa shape index (κ3) is 2.45. The van der Waals surface area contributed by atoms with Crippen LogP contribution in [0.5, 0.6) is 5.75 Å². The molecule has 21 heavy (non-hydrogen) atoms. The van der Waals surface area contributed by atoms with Crippen LogP contribution in [0.2, 0.25) is 0 Å². The Kier molecular flexibility index (Phi) is 3.95. The number of hydrogen-bond donors (Lipinski definition) is 0. The van der Waals surface area contributed by atoms with Crippen LogP contribution in [0, 0.1) is 15.5 Å². The van der Waals surface area contributed by atoms with E-state index in [0.29, 0.717) is 10.6 Å². The van der Waals surface area contributed by atoms with Crippen molar-refractivity contribution >= 4 is 21.6 Å². The number of aryl methyl sites for hydroxylation is 1. The van der Waals surface area contributed by atoms with Gasteiger partial charge < -0.3 is 4.74 Å². The van der Waals surface area contributed by atoms with Gasteiger partial charge in [-0.2, -0.15) is 0 Å². The Labute approximate surface area is 133 Å². The number of benzene rings is 1. The SMILES string of the molecule is CCc1ccc(OC2CC(Br)C23CCCC3)c([N+](=O)[O-])c1. The molecule has 0 aromatic heterocycles. The fraction of sp³-hybridized carbons (Fsp3) is 0.625. The van der Waals surface area contributed by atoms with Gasteiger partial charge in [0.25, 0.3) is 0 Å². The lowest BCUT2D eigenvalue weighted by Gasteiger charge is -2.51. The van der Waals surface area contributed by atoms with Crippen LogP contribution in [0.15, 0.2) is 18.2 Å². The third-order valence-electron chi connectivity index (χ3n) is 5.12. The summed E-state index contributed by atoms with van der Waals surface area (Å²) < 4.78 is 6.08. The van der Waals surface area contributed by atoms with E-state index in [1.54, 1.807) is 12.1 Å². The Bertz CT molecular complexity index is 554. The summed E-state index contributed by atoms with van der Waals surface area (Å²) in [4.78, 5) is 11.4. The quantitative estimate of drug-likeness (QED) is 0.450. The average Bonchev–Trinajstić information content (AvgIpc) is 2.99. The summed E-state index contributed by atoms with van der Waals surface area (Å²) in [6.45, 7) is 1.99. The van der Waals surface area contributed by atoms with E-state index in [0.717, 1.165) is 31.2 Å². The number of alkyl halides is 1. The third-order valence-corrected chi connectivity index (χ3v) is 6.40. The lowest BCUT2D eigenvalue weighted by Crippen LogP contribution is -2.55. The van der Waals surface area contributed by atoms with Crippen molar-refractivity contribution in [3.63, 3.8) is 0 Å². The molecule has 0 radical (unpaired) electrons. The van der Waals surface area contributed by atoms with Gasteiger partial charge in [0.1, 0.15) is 6.10 Å². The van der Waals surface area contributed by atoms with E-state index in [-0.39, 0.29) is 22.1 Å². The summed E-state index contributed by atoms with van der Waals surface area (Å²) >= 11 is 3.75. The summed E-state index contributed by atoms with van der Waals surface area (Å²) in [5.41, 5.74) is 1.26. The van der Waals surface area contributed by atoms with E-state index in [1.807, 2.05) is 13.0 Å². The van der Waals surface area contributed by atoms with E-state index in [9.17, 15) is 10.1 Å². The molecule has 5 heteroatoms. The molecule has 114 valence electrons. The topological polar surface area (TPSA) is 52.4 Å². The van der Waals surface area contributed by atoms with Gasteiger partial charge in [-0.25, -0.2) is 0 Å². The molecule has 2 atom stereocenters. The molecule has 2 saturated carbocycles. The van der Waals surface area contributed by atoms with Crippen molar-refractivity contribution in [3.05, 3.63) is 33.9 Å². The van der Waals surface area contributed by atoms with Crippen molar-refractivity contribution in [3.8, 4) is 5.75 Å². The summed E-state index contributed by atoms with van der Waals surface area (Å²) in [5, 5.41) is 11.3. The predicted octanol–water partition coefficient (Wildman–Crippen LogP) is 4.63. The Hall–Kier alpha value is -1.10. The summed E-state index contributed by atoms with van der Waals surface area (Å²) in [5.74, 6) is 0.424. The molecule has 1 aromatic carbocycles. The molecule has 2 unspecified atom stereocenters. The van der Waals surface area contributed by atoms with Crippen LogP contribution in [0.4, 0.5) is 5.69 Å². The van der Waals surface area contributed by atoms with Crippen LogP contribution < -0.4 is 4.74 Å². The summed E-state index contributed by atoms with van der Waals surface area (Å²) in [7, 11) is 0. The molecule has 2 fully saturated rings. The fourth-order valence-electron chi connectivity index (χ4n) is 3.71. The van der Waals surface area contributed by atoms with Gasteiger partial charge in [-0.05, 0) is 37.3 Å². The van der Waals surface area contributed by atoms with Gasteiger partial charge in [-0.15, -0.1) is 0 Å². The molecule has 1 aromatic rings. The van der Waals surface area contributed by atoms with Crippen LogP contribution >= 0.6 is 15.9 Å². The molecule has 0 bridgehead atoms. The molecule has 0 heterocycles. The van der Waals surface area contributed by atoms with Crippen LogP contribution in [-0.4, -0.2) is 15.9 Å². The second-order valence-corrected chi connectivity index (χ2v) is 7.27. The molecule has 3 rings (SSSR count). The van der Waals surface area contributed by atoms with Crippen LogP contribution in [0.1, 0.15) is 44.6 Å². The molecule has 0 N–H and O–H groups in total. The lowest BCUT2D eigenvalue weighted by atomic mass is 9.64. The van der Waals surface area contributed by atoms with Crippen LogP contribution in [0.25, 0.3) is 0 Å². The first-order valence-corrected chi connectivity index (χ1v) is 8.56. The molecule has 2 aliphatic carbocycles. The molecule has 0 amide bonds. The summed E-state index contributed by atoms with van der Waals surface area (Å²) in [6.07, 6.45) is 6.63. The number of nitro benzene ring substituents is 1. The van der Waals surface area contributed by atoms with E-state index >= 15 is 0 Å². The Morgan fingerprint density at radius 2 is 2.14 bits per heavy atom. The van der Waals surface area contributed by atoms with E-state index in [4.69, 9.17) is 4.74 Å². The van der Waals surface area contributed by atoms with E-state index in [2.05, 4.69) is 15.9 Å². The highest BCUT2D eigenvalue weighted by atomic mass is 79.9. The zero-order valence-corrected chi connectivity index (χ0v) is 13.8. The molecule has 2 aliphatic rings. The normalized spacial score (nSPS) is 26.6. The van der Waals surface area contributed by atoms with Crippen molar-refractivity contribution in [1.29, 1.82) is 0 Å². The maximum Gasteiger partial charge on any atom is 0.311 e. The maximum absolute atomic E-state index is 11.3. The molecule has 0 saturated heterocycles. The standard InChI is InChI=1S/C16H20BrNO3/c1-2-11-5-6-13(12(9-11)18(19)20)21-15-10-14(17)16(15)7-3-4-8-16/h5-6,9,14-15H,2-4,7-8,10H2,1H3. The Morgan fingerprint density at radius 3 is 2.71 bits per heavy atom.